The van der Waals surface area contributed by atoms with E-state index in [9.17, 15) is 13.6 Å². The minimum atomic E-state index is -2.39. The van der Waals surface area contributed by atoms with Gasteiger partial charge >= 0.3 is 0 Å². The highest BCUT2D eigenvalue weighted by Crippen LogP contribution is 1.92. The first-order valence-electron chi connectivity index (χ1n) is 4.24. The quantitative estimate of drug-likeness (QED) is 0.781. The van der Waals surface area contributed by atoms with Crippen LogP contribution < -0.4 is 10.9 Å². The Bertz CT molecular complexity index is 349. The van der Waals surface area contributed by atoms with Gasteiger partial charge in [0.1, 0.15) is 0 Å². The summed E-state index contributed by atoms with van der Waals surface area (Å²) >= 11 is 0. The Morgan fingerprint density at radius 2 is 2.29 bits per heavy atom. The molecule has 14 heavy (non-hydrogen) atoms. The maximum Gasteiger partial charge on any atom is 0.254 e. The van der Waals surface area contributed by atoms with Gasteiger partial charge < -0.3 is 9.88 Å². The molecule has 1 aromatic heterocycles. The molecule has 0 saturated carbocycles. The van der Waals surface area contributed by atoms with E-state index in [4.69, 9.17) is 0 Å². The SMILES string of the molecule is Cn1cccc(CNCC(F)F)c1=O. The van der Waals surface area contributed by atoms with E-state index in [2.05, 4.69) is 5.32 Å². The topological polar surface area (TPSA) is 34.0 Å². The number of rotatable bonds is 4. The van der Waals surface area contributed by atoms with Crippen molar-refractivity contribution in [1.82, 2.24) is 9.88 Å². The van der Waals surface area contributed by atoms with Crippen LogP contribution in [0.5, 0.6) is 0 Å². The van der Waals surface area contributed by atoms with Crippen LogP contribution in [-0.4, -0.2) is 17.5 Å². The van der Waals surface area contributed by atoms with Crippen molar-refractivity contribution in [1.29, 1.82) is 0 Å². The third-order valence-electron chi connectivity index (χ3n) is 1.82. The number of nitrogens with zero attached hydrogens (tertiary/aromatic N) is 1. The van der Waals surface area contributed by atoms with Crippen LogP contribution in [0.2, 0.25) is 0 Å². The van der Waals surface area contributed by atoms with Crippen LogP contribution in [0.4, 0.5) is 8.78 Å². The maximum absolute atomic E-state index is 11.8. The Hall–Kier alpha value is -1.23. The first kappa shape index (κ1) is 10.8. The lowest BCUT2D eigenvalue weighted by Crippen LogP contribution is -2.27. The van der Waals surface area contributed by atoms with E-state index < -0.39 is 13.0 Å². The number of alkyl halides is 2. The summed E-state index contributed by atoms with van der Waals surface area (Å²) < 4.78 is 25.0. The van der Waals surface area contributed by atoms with Gasteiger partial charge in [0.15, 0.2) is 0 Å². The molecule has 5 heteroatoms. The summed E-state index contributed by atoms with van der Waals surface area (Å²) in [5.41, 5.74) is 0.338. The summed E-state index contributed by atoms with van der Waals surface area (Å²) in [6, 6.07) is 3.33. The molecule has 0 radical (unpaired) electrons. The van der Waals surface area contributed by atoms with Gasteiger partial charge in [-0.05, 0) is 6.07 Å². The second kappa shape index (κ2) is 4.85. The van der Waals surface area contributed by atoms with Crippen LogP contribution in [0.3, 0.4) is 0 Å². The fourth-order valence-corrected chi connectivity index (χ4v) is 1.10. The zero-order valence-corrected chi connectivity index (χ0v) is 7.84. The molecular formula is C9H12F2N2O. The minimum Gasteiger partial charge on any atom is -0.318 e. The van der Waals surface area contributed by atoms with E-state index in [1.807, 2.05) is 0 Å². The molecule has 0 aromatic carbocycles. The van der Waals surface area contributed by atoms with Gasteiger partial charge in [0.05, 0.1) is 6.54 Å². The summed E-state index contributed by atoms with van der Waals surface area (Å²) in [6.07, 6.45) is -0.763. The van der Waals surface area contributed by atoms with E-state index in [1.54, 1.807) is 25.4 Å². The maximum atomic E-state index is 11.8. The van der Waals surface area contributed by atoms with Crippen molar-refractivity contribution in [3.63, 3.8) is 0 Å². The molecule has 0 amide bonds. The number of aryl methyl sites for hydroxylation is 1. The van der Waals surface area contributed by atoms with E-state index in [1.165, 1.54) is 4.57 Å². The van der Waals surface area contributed by atoms with Gasteiger partial charge in [-0.3, -0.25) is 4.79 Å². The van der Waals surface area contributed by atoms with Gasteiger partial charge in [0, 0.05) is 25.4 Å². The van der Waals surface area contributed by atoms with Gasteiger partial charge in [-0.25, -0.2) is 8.78 Å². The first-order chi connectivity index (χ1) is 6.61. The van der Waals surface area contributed by atoms with Crippen molar-refractivity contribution >= 4 is 0 Å². The molecule has 0 aliphatic carbocycles. The predicted octanol–water partition coefficient (Wildman–Crippen LogP) is 0.740. The Morgan fingerprint density at radius 1 is 1.57 bits per heavy atom. The summed E-state index contributed by atoms with van der Waals surface area (Å²) in [5, 5.41) is 2.51. The van der Waals surface area contributed by atoms with Crippen molar-refractivity contribution in [3.05, 3.63) is 34.2 Å². The Balaban J connectivity index is 2.59. The van der Waals surface area contributed by atoms with Crippen molar-refractivity contribution in [2.75, 3.05) is 6.54 Å². The highest BCUT2D eigenvalue weighted by molar-refractivity contribution is 5.09. The van der Waals surface area contributed by atoms with E-state index in [0.29, 0.717) is 5.56 Å². The van der Waals surface area contributed by atoms with Crippen LogP contribution >= 0.6 is 0 Å². The second-order valence-corrected chi connectivity index (χ2v) is 2.97. The summed E-state index contributed by atoms with van der Waals surface area (Å²) in [4.78, 5) is 11.4. The molecule has 1 aromatic rings. The van der Waals surface area contributed by atoms with E-state index >= 15 is 0 Å². The lowest BCUT2D eigenvalue weighted by atomic mass is 10.3. The van der Waals surface area contributed by atoms with Crippen LogP contribution in [0, 0.1) is 0 Å². The second-order valence-electron chi connectivity index (χ2n) is 2.97. The molecule has 1 rings (SSSR count). The molecule has 0 atom stereocenters. The van der Waals surface area contributed by atoms with E-state index in [-0.39, 0.29) is 12.1 Å². The fourth-order valence-electron chi connectivity index (χ4n) is 1.10. The molecule has 0 bridgehead atoms. The Labute approximate surface area is 80.4 Å². The highest BCUT2D eigenvalue weighted by atomic mass is 19.3. The predicted molar refractivity (Wildman–Crippen MR) is 49.4 cm³/mol. The van der Waals surface area contributed by atoms with Gasteiger partial charge in [-0.1, -0.05) is 6.07 Å². The zero-order valence-electron chi connectivity index (χ0n) is 7.84. The van der Waals surface area contributed by atoms with Crippen molar-refractivity contribution in [3.8, 4) is 0 Å². The summed E-state index contributed by atoms with van der Waals surface area (Å²) in [6.45, 7) is -0.212. The first-order valence-corrected chi connectivity index (χ1v) is 4.24. The number of hydrogen-bond acceptors (Lipinski definition) is 2. The monoisotopic (exact) mass is 202 g/mol. The third-order valence-corrected chi connectivity index (χ3v) is 1.82. The fraction of sp³-hybridized carbons (Fsp3) is 0.444. The Morgan fingerprint density at radius 3 is 2.93 bits per heavy atom. The lowest BCUT2D eigenvalue weighted by molar-refractivity contribution is 0.145. The molecule has 78 valence electrons. The number of aromatic nitrogens is 1. The normalized spacial score (nSPS) is 10.9. The molecule has 1 heterocycles. The van der Waals surface area contributed by atoms with Crippen molar-refractivity contribution in [2.45, 2.75) is 13.0 Å². The molecule has 0 saturated heterocycles. The molecule has 0 aliphatic rings. The average Bonchev–Trinajstić information content (AvgIpc) is 2.12. The van der Waals surface area contributed by atoms with Crippen LogP contribution in [0.1, 0.15) is 5.56 Å². The number of hydrogen-bond donors (Lipinski definition) is 1. The number of pyridine rings is 1. The molecule has 0 unspecified atom stereocenters. The molecule has 1 N–H and O–H groups in total. The van der Waals surface area contributed by atoms with Crippen LogP contribution in [-0.2, 0) is 13.6 Å². The highest BCUT2D eigenvalue weighted by Gasteiger charge is 2.03. The summed E-state index contributed by atoms with van der Waals surface area (Å²) in [5.74, 6) is 0. The molecular weight excluding hydrogens is 190 g/mol. The average molecular weight is 202 g/mol. The molecule has 0 aliphatic heterocycles. The smallest absolute Gasteiger partial charge is 0.254 e. The largest absolute Gasteiger partial charge is 0.318 e. The zero-order chi connectivity index (χ0) is 10.6. The van der Waals surface area contributed by atoms with Gasteiger partial charge in [-0.2, -0.15) is 0 Å². The van der Waals surface area contributed by atoms with Crippen LogP contribution in [0.25, 0.3) is 0 Å². The molecule has 3 nitrogen and oxygen atoms in total. The standard InChI is InChI=1S/C9H12F2N2O/c1-13-4-2-3-7(9(13)14)5-12-6-8(10)11/h2-4,8,12H,5-6H2,1H3. The molecule has 0 fully saturated rings. The minimum absolute atomic E-state index is 0.158. The van der Waals surface area contributed by atoms with Crippen LogP contribution in [0.15, 0.2) is 23.1 Å². The lowest BCUT2D eigenvalue weighted by Gasteiger charge is -2.04. The van der Waals surface area contributed by atoms with Gasteiger partial charge in [-0.15, -0.1) is 0 Å². The van der Waals surface area contributed by atoms with Crippen molar-refractivity contribution < 1.29 is 8.78 Å². The third kappa shape index (κ3) is 2.92. The van der Waals surface area contributed by atoms with Crippen molar-refractivity contribution in [2.24, 2.45) is 7.05 Å². The Kier molecular flexibility index (Phi) is 3.76. The molecule has 0 spiro atoms. The number of nitrogens with one attached hydrogen (secondary N) is 1. The van der Waals surface area contributed by atoms with Gasteiger partial charge in [0.2, 0.25) is 0 Å². The summed E-state index contributed by atoms with van der Waals surface area (Å²) in [7, 11) is 1.62. The number of halogens is 2. The van der Waals surface area contributed by atoms with E-state index in [0.717, 1.165) is 0 Å². The van der Waals surface area contributed by atoms with Gasteiger partial charge in [0.25, 0.3) is 12.0 Å².